The van der Waals surface area contributed by atoms with Crippen LogP contribution in [0.4, 0.5) is 0 Å². The van der Waals surface area contributed by atoms with Crippen LogP contribution in [0.25, 0.3) is 0 Å². The molecular weight excluding hydrogens is 242 g/mol. The molecule has 1 aliphatic carbocycles. The number of hydrogen-bond donors (Lipinski definition) is 1. The zero-order valence-electron chi connectivity index (χ0n) is 11.8. The first-order valence-corrected chi connectivity index (χ1v) is 6.72. The highest BCUT2D eigenvalue weighted by Gasteiger charge is 2.46. The van der Waals surface area contributed by atoms with Crippen molar-refractivity contribution in [2.75, 3.05) is 0 Å². The Bertz CT molecular complexity index is 571. The maximum atomic E-state index is 11.4. The van der Waals surface area contributed by atoms with Gasteiger partial charge in [0.15, 0.2) is 0 Å². The fourth-order valence-electron chi connectivity index (χ4n) is 3.03. The van der Waals surface area contributed by atoms with E-state index in [1.54, 1.807) is 6.07 Å². The van der Waals surface area contributed by atoms with Crippen LogP contribution in [0.3, 0.4) is 0 Å². The van der Waals surface area contributed by atoms with Gasteiger partial charge >= 0.3 is 5.97 Å². The monoisotopic (exact) mass is 261 g/mol. The lowest BCUT2D eigenvalue weighted by Gasteiger charge is -2.24. The predicted molar refractivity (Wildman–Crippen MR) is 70.3 cm³/mol. The molecular formula is C15H19NO3. The van der Waals surface area contributed by atoms with Gasteiger partial charge in [-0.05, 0) is 46.6 Å². The number of aromatic carboxylic acids is 1. The van der Waals surface area contributed by atoms with Crippen LogP contribution in [-0.2, 0) is 15.9 Å². The molecule has 2 heterocycles. The Balaban J connectivity index is 2.25. The van der Waals surface area contributed by atoms with Crippen molar-refractivity contribution in [3.63, 3.8) is 0 Å². The van der Waals surface area contributed by atoms with Crippen LogP contribution in [-0.4, -0.2) is 16.1 Å². The lowest BCUT2D eigenvalue weighted by molar-refractivity contribution is -0.106. The summed E-state index contributed by atoms with van der Waals surface area (Å²) in [5, 5.41) is 9.39. The Morgan fingerprint density at radius 3 is 2.47 bits per heavy atom. The molecule has 0 unspecified atom stereocenters. The molecule has 2 aliphatic rings. The van der Waals surface area contributed by atoms with Crippen molar-refractivity contribution in [3.8, 4) is 0 Å². The van der Waals surface area contributed by atoms with E-state index < -0.39 is 17.2 Å². The van der Waals surface area contributed by atoms with Crippen LogP contribution in [0.15, 0.2) is 6.07 Å². The van der Waals surface area contributed by atoms with E-state index in [9.17, 15) is 9.90 Å². The second-order valence-corrected chi connectivity index (χ2v) is 6.52. The van der Waals surface area contributed by atoms with Crippen LogP contribution in [0, 0.1) is 0 Å². The number of hydrogen-bond acceptors (Lipinski definition) is 3. The average Bonchev–Trinajstić information content (AvgIpc) is 3.06. The van der Waals surface area contributed by atoms with E-state index in [-0.39, 0.29) is 0 Å². The third-order valence-corrected chi connectivity index (χ3v) is 3.98. The highest BCUT2D eigenvalue weighted by molar-refractivity contribution is 5.89. The molecule has 4 nitrogen and oxygen atoms in total. The number of carboxylic acids is 1. The number of rotatable bonds is 2. The highest BCUT2D eigenvalue weighted by Crippen LogP contribution is 2.49. The number of carbonyl (C=O) groups is 1. The summed E-state index contributed by atoms with van der Waals surface area (Å²) in [4.78, 5) is 16.1. The molecule has 1 saturated carbocycles. The van der Waals surface area contributed by atoms with Crippen molar-refractivity contribution in [3.05, 3.63) is 28.6 Å². The first-order valence-electron chi connectivity index (χ1n) is 6.72. The van der Waals surface area contributed by atoms with E-state index in [1.807, 2.05) is 27.7 Å². The van der Waals surface area contributed by atoms with Gasteiger partial charge in [-0.1, -0.05) is 0 Å². The fourth-order valence-corrected chi connectivity index (χ4v) is 3.03. The molecule has 3 rings (SSSR count). The summed E-state index contributed by atoms with van der Waals surface area (Å²) in [5.74, 6) is -0.575. The molecule has 0 atom stereocenters. The summed E-state index contributed by atoms with van der Waals surface area (Å²) in [5.41, 5.74) is 1.93. The number of aromatic nitrogens is 1. The lowest BCUT2D eigenvalue weighted by atomic mass is 9.92. The van der Waals surface area contributed by atoms with Crippen LogP contribution in [0.1, 0.15) is 73.8 Å². The largest absolute Gasteiger partial charge is 0.478 e. The van der Waals surface area contributed by atoms with Crippen LogP contribution in [0.2, 0.25) is 0 Å². The molecule has 0 bridgehead atoms. The van der Waals surface area contributed by atoms with Crippen molar-refractivity contribution in [1.82, 2.24) is 4.98 Å². The molecule has 4 heteroatoms. The molecule has 1 aromatic heterocycles. The minimum absolute atomic E-state index is 0.316. The first kappa shape index (κ1) is 12.6. The molecule has 1 fully saturated rings. The summed E-state index contributed by atoms with van der Waals surface area (Å²) in [6, 6.07) is 1.77. The van der Waals surface area contributed by atoms with E-state index in [2.05, 4.69) is 4.98 Å². The van der Waals surface area contributed by atoms with E-state index in [1.165, 1.54) is 0 Å². The van der Waals surface area contributed by atoms with Gasteiger partial charge in [0.1, 0.15) is 5.60 Å². The molecule has 1 N–H and O–H groups in total. The van der Waals surface area contributed by atoms with Crippen molar-refractivity contribution < 1.29 is 14.6 Å². The van der Waals surface area contributed by atoms with Gasteiger partial charge in [0.2, 0.25) is 0 Å². The topological polar surface area (TPSA) is 59.4 Å². The summed E-state index contributed by atoms with van der Waals surface area (Å²) in [7, 11) is 0. The third kappa shape index (κ3) is 1.86. The summed E-state index contributed by atoms with van der Waals surface area (Å²) < 4.78 is 6.04. The molecule has 0 spiro atoms. The summed E-state index contributed by atoms with van der Waals surface area (Å²) in [6.45, 7) is 7.91. The summed E-state index contributed by atoms with van der Waals surface area (Å²) >= 11 is 0. The molecule has 1 aromatic rings. The molecule has 0 radical (unpaired) electrons. The van der Waals surface area contributed by atoms with Gasteiger partial charge in [-0.25, -0.2) is 4.79 Å². The Labute approximate surface area is 112 Å². The number of pyridine rings is 1. The number of fused-ring (bicyclic) bond motifs is 1. The van der Waals surface area contributed by atoms with Crippen LogP contribution in [0.5, 0.6) is 0 Å². The van der Waals surface area contributed by atoms with Crippen molar-refractivity contribution >= 4 is 5.97 Å². The zero-order chi connectivity index (χ0) is 14.0. The number of carboxylic acid groups (broad SMARTS) is 1. The lowest BCUT2D eigenvalue weighted by Crippen LogP contribution is -2.22. The number of nitrogens with zero attached hydrogens (tertiary/aromatic N) is 1. The zero-order valence-corrected chi connectivity index (χ0v) is 11.8. The van der Waals surface area contributed by atoms with E-state index >= 15 is 0 Å². The second kappa shape index (κ2) is 3.57. The molecule has 102 valence electrons. The van der Waals surface area contributed by atoms with Crippen molar-refractivity contribution in [1.29, 1.82) is 0 Å². The quantitative estimate of drug-likeness (QED) is 0.888. The Morgan fingerprint density at radius 1 is 1.32 bits per heavy atom. The van der Waals surface area contributed by atoms with Gasteiger partial charge in [-0.3, -0.25) is 4.98 Å². The maximum absolute atomic E-state index is 11.4. The maximum Gasteiger partial charge on any atom is 0.337 e. The van der Waals surface area contributed by atoms with Gasteiger partial charge < -0.3 is 9.84 Å². The van der Waals surface area contributed by atoms with Gasteiger partial charge in [0.25, 0.3) is 0 Å². The molecule has 19 heavy (non-hydrogen) atoms. The molecule has 0 aromatic carbocycles. The van der Waals surface area contributed by atoms with Crippen molar-refractivity contribution in [2.24, 2.45) is 0 Å². The van der Waals surface area contributed by atoms with Gasteiger partial charge in [0.05, 0.1) is 22.6 Å². The summed E-state index contributed by atoms with van der Waals surface area (Å²) in [6.07, 6.45) is 2.08. The van der Waals surface area contributed by atoms with Gasteiger partial charge in [-0.15, -0.1) is 0 Å². The first-order chi connectivity index (χ1) is 8.72. The van der Waals surface area contributed by atoms with E-state index in [0.717, 1.165) is 29.8 Å². The smallest absolute Gasteiger partial charge is 0.337 e. The predicted octanol–water partition coefficient (Wildman–Crippen LogP) is 3.16. The second-order valence-electron chi connectivity index (χ2n) is 6.52. The SMILES string of the molecule is CC1(C)OC(C)(C)c2nc(C3CC3)c(C(=O)O)cc21. The van der Waals surface area contributed by atoms with Crippen LogP contribution < -0.4 is 0 Å². The molecule has 1 aliphatic heterocycles. The molecule has 0 amide bonds. The van der Waals surface area contributed by atoms with Crippen LogP contribution >= 0.6 is 0 Å². The van der Waals surface area contributed by atoms with Gasteiger partial charge in [-0.2, -0.15) is 0 Å². The minimum Gasteiger partial charge on any atom is -0.478 e. The normalized spacial score (nSPS) is 23.2. The Hall–Kier alpha value is -1.42. The average molecular weight is 261 g/mol. The van der Waals surface area contributed by atoms with Crippen molar-refractivity contribution in [2.45, 2.75) is 57.7 Å². The minimum atomic E-state index is -0.891. The Morgan fingerprint density at radius 2 is 1.95 bits per heavy atom. The third-order valence-electron chi connectivity index (χ3n) is 3.98. The van der Waals surface area contributed by atoms with E-state index in [4.69, 9.17) is 4.74 Å². The van der Waals surface area contributed by atoms with Gasteiger partial charge in [0, 0.05) is 11.5 Å². The highest BCUT2D eigenvalue weighted by atomic mass is 16.5. The number of ether oxygens (including phenoxy) is 1. The fraction of sp³-hybridized carbons (Fsp3) is 0.600. The standard InChI is InChI=1S/C15H19NO3/c1-14(2)10-7-9(13(17)18)11(8-5-6-8)16-12(10)15(3,4)19-14/h7-8H,5-6H2,1-4H3,(H,17,18). The van der Waals surface area contributed by atoms with E-state index in [0.29, 0.717) is 11.5 Å². The Kier molecular flexibility index (Phi) is 2.37. The molecule has 0 saturated heterocycles.